The van der Waals surface area contributed by atoms with Crippen molar-refractivity contribution in [3.63, 3.8) is 0 Å². The van der Waals surface area contributed by atoms with Crippen LogP contribution in [-0.4, -0.2) is 19.1 Å². The maximum atomic E-state index is 13.4. The van der Waals surface area contributed by atoms with Crippen LogP contribution in [0.5, 0.6) is 0 Å². The minimum atomic E-state index is -0.576. The van der Waals surface area contributed by atoms with Gasteiger partial charge in [0.2, 0.25) is 0 Å². The fourth-order valence-corrected chi connectivity index (χ4v) is 1.49. The zero-order chi connectivity index (χ0) is 13.5. The summed E-state index contributed by atoms with van der Waals surface area (Å²) in [7, 11) is 0. The molecule has 0 aromatic heterocycles. The van der Waals surface area contributed by atoms with E-state index >= 15 is 0 Å². The van der Waals surface area contributed by atoms with Crippen molar-refractivity contribution in [2.24, 2.45) is 0 Å². The van der Waals surface area contributed by atoms with E-state index in [1.807, 2.05) is 0 Å². The molecule has 0 spiro atoms. The summed E-state index contributed by atoms with van der Waals surface area (Å²) in [5, 5.41) is 2.65. The zero-order valence-electron chi connectivity index (χ0n) is 9.67. The van der Waals surface area contributed by atoms with Crippen molar-refractivity contribution in [1.29, 1.82) is 0 Å². The molecule has 0 amide bonds. The van der Waals surface area contributed by atoms with Crippen molar-refractivity contribution in [1.82, 2.24) is 0 Å². The maximum absolute atomic E-state index is 13.4. The van der Waals surface area contributed by atoms with Gasteiger partial charge in [0.15, 0.2) is 0 Å². The Balaban J connectivity index is 2.54. The summed E-state index contributed by atoms with van der Waals surface area (Å²) in [6.07, 6.45) is 2.70. The van der Waals surface area contributed by atoms with E-state index in [0.717, 1.165) is 12.1 Å². The van der Waals surface area contributed by atoms with Crippen LogP contribution in [0.15, 0.2) is 28.8 Å². The van der Waals surface area contributed by atoms with E-state index in [-0.39, 0.29) is 16.7 Å². The first-order chi connectivity index (χ1) is 8.54. The Morgan fingerprint density at radius 1 is 1.44 bits per heavy atom. The summed E-state index contributed by atoms with van der Waals surface area (Å²) in [6.45, 7) is 2.18. The molecule has 98 valence electrons. The Bertz CT molecular complexity index is 464. The molecule has 0 saturated heterocycles. The molecule has 0 heterocycles. The minimum absolute atomic E-state index is 0.0317. The minimum Gasteiger partial charge on any atom is -0.463 e. The summed E-state index contributed by atoms with van der Waals surface area (Å²) in [4.78, 5) is 10.9. The quantitative estimate of drug-likeness (QED) is 0.514. The number of hydrogen-bond donors (Lipinski definition) is 1. The number of rotatable bonds is 5. The number of carbonyl (C=O) groups is 1. The lowest BCUT2D eigenvalue weighted by Crippen LogP contribution is -2.04. The average Bonchev–Trinajstić information content (AvgIpc) is 2.31. The van der Waals surface area contributed by atoms with Crippen molar-refractivity contribution < 1.29 is 18.3 Å². The van der Waals surface area contributed by atoms with Gasteiger partial charge in [0.25, 0.3) is 0 Å². The number of esters is 1. The molecule has 18 heavy (non-hydrogen) atoms. The number of carbonyl (C=O) groups excluding carboxylic acids is 1. The molecule has 1 N–H and O–H groups in total. The molecule has 0 saturated carbocycles. The molecule has 1 aromatic carbocycles. The zero-order valence-corrected chi connectivity index (χ0v) is 11.3. The molecule has 1 aromatic rings. The summed E-state index contributed by atoms with van der Waals surface area (Å²) in [6, 6.07) is 2.07. The summed E-state index contributed by atoms with van der Waals surface area (Å²) < 4.78 is 31.2. The Morgan fingerprint density at radius 2 is 2.17 bits per heavy atom. The Morgan fingerprint density at radius 3 is 2.83 bits per heavy atom. The standard InChI is InChI=1S/C12H12BrF2NO2/c1-2-18-12(17)4-3-5-16-11-7-9(14)8(13)6-10(11)15/h3-4,6-7,16H,2,5H2,1H3/b4-3+. The van der Waals surface area contributed by atoms with Crippen LogP contribution in [0.4, 0.5) is 14.5 Å². The van der Waals surface area contributed by atoms with E-state index < -0.39 is 17.6 Å². The van der Waals surface area contributed by atoms with Gasteiger partial charge in [-0.1, -0.05) is 6.08 Å². The third-order valence-electron chi connectivity index (χ3n) is 1.96. The molecule has 6 heteroatoms. The number of anilines is 1. The van der Waals surface area contributed by atoms with E-state index in [1.165, 1.54) is 12.2 Å². The van der Waals surface area contributed by atoms with Crippen LogP contribution < -0.4 is 5.32 Å². The lowest BCUT2D eigenvalue weighted by molar-refractivity contribution is -0.137. The van der Waals surface area contributed by atoms with Crippen LogP contribution in [0.25, 0.3) is 0 Å². The average molecular weight is 320 g/mol. The molecule has 0 aliphatic rings. The highest BCUT2D eigenvalue weighted by Crippen LogP contribution is 2.23. The third-order valence-corrected chi connectivity index (χ3v) is 2.57. The Kier molecular flexibility index (Phi) is 5.77. The van der Waals surface area contributed by atoms with Gasteiger partial charge >= 0.3 is 5.97 Å². The molecular formula is C12H12BrF2NO2. The van der Waals surface area contributed by atoms with Gasteiger partial charge in [-0.3, -0.25) is 0 Å². The summed E-state index contributed by atoms with van der Waals surface area (Å²) in [5.74, 6) is -1.61. The number of ether oxygens (including phenoxy) is 1. The van der Waals surface area contributed by atoms with Gasteiger partial charge in [-0.25, -0.2) is 13.6 Å². The molecule has 0 atom stereocenters. The van der Waals surface area contributed by atoms with Crippen LogP contribution in [0.2, 0.25) is 0 Å². The van der Waals surface area contributed by atoms with E-state index in [4.69, 9.17) is 0 Å². The SMILES string of the molecule is CCOC(=O)/C=C/CNc1cc(F)c(Br)cc1F. The van der Waals surface area contributed by atoms with Crippen molar-refractivity contribution in [2.75, 3.05) is 18.5 Å². The first kappa shape index (κ1) is 14.6. The largest absolute Gasteiger partial charge is 0.463 e. The molecule has 0 radical (unpaired) electrons. The van der Waals surface area contributed by atoms with E-state index in [9.17, 15) is 13.6 Å². The molecule has 1 rings (SSSR count). The molecule has 3 nitrogen and oxygen atoms in total. The normalized spacial score (nSPS) is 10.7. The smallest absolute Gasteiger partial charge is 0.330 e. The van der Waals surface area contributed by atoms with Gasteiger partial charge in [-0.15, -0.1) is 0 Å². The molecule has 0 unspecified atom stereocenters. The van der Waals surface area contributed by atoms with Crippen LogP contribution in [0.1, 0.15) is 6.92 Å². The monoisotopic (exact) mass is 319 g/mol. The number of nitrogens with one attached hydrogen (secondary N) is 1. The highest BCUT2D eigenvalue weighted by molar-refractivity contribution is 9.10. The highest BCUT2D eigenvalue weighted by Gasteiger charge is 2.06. The fraction of sp³-hybridized carbons (Fsp3) is 0.250. The predicted octanol–water partition coefficient (Wildman–Crippen LogP) is 3.26. The maximum Gasteiger partial charge on any atom is 0.330 e. The summed E-state index contributed by atoms with van der Waals surface area (Å²) in [5.41, 5.74) is 0.0317. The van der Waals surface area contributed by atoms with Gasteiger partial charge in [0.1, 0.15) is 11.6 Å². The van der Waals surface area contributed by atoms with Crippen molar-refractivity contribution in [3.05, 3.63) is 40.4 Å². The van der Waals surface area contributed by atoms with Gasteiger partial charge in [-0.05, 0) is 28.9 Å². The third kappa shape index (κ3) is 4.44. The number of halogens is 3. The lowest BCUT2D eigenvalue weighted by atomic mass is 10.3. The highest BCUT2D eigenvalue weighted by atomic mass is 79.9. The van der Waals surface area contributed by atoms with Crippen molar-refractivity contribution >= 4 is 27.6 Å². The molecule has 0 aliphatic heterocycles. The van der Waals surface area contributed by atoms with Crippen molar-refractivity contribution in [3.8, 4) is 0 Å². The Labute approximate surface area is 112 Å². The van der Waals surface area contributed by atoms with Gasteiger partial charge in [0.05, 0.1) is 16.8 Å². The lowest BCUT2D eigenvalue weighted by Gasteiger charge is -2.06. The molecule has 0 aliphatic carbocycles. The number of hydrogen-bond acceptors (Lipinski definition) is 3. The second-order valence-corrected chi connectivity index (χ2v) is 4.14. The van der Waals surface area contributed by atoms with E-state index in [2.05, 4.69) is 26.0 Å². The van der Waals surface area contributed by atoms with E-state index in [0.29, 0.717) is 6.61 Å². The molecule has 0 fully saturated rings. The first-order valence-electron chi connectivity index (χ1n) is 5.26. The first-order valence-corrected chi connectivity index (χ1v) is 6.05. The van der Waals surface area contributed by atoms with Crippen LogP contribution in [0, 0.1) is 11.6 Å². The van der Waals surface area contributed by atoms with Crippen molar-refractivity contribution in [2.45, 2.75) is 6.92 Å². The number of benzene rings is 1. The molecule has 0 bridgehead atoms. The Hall–Kier alpha value is -1.43. The topological polar surface area (TPSA) is 38.3 Å². The van der Waals surface area contributed by atoms with Gasteiger partial charge in [-0.2, -0.15) is 0 Å². The van der Waals surface area contributed by atoms with Gasteiger partial charge < -0.3 is 10.1 Å². The second-order valence-electron chi connectivity index (χ2n) is 3.28. The van der Waals surface area contributed by atoms with E-state index in [1.54, 1.807) is 6.92 Å². The summed E-state index contributed by atoms with van der Waals surface area (Å²) >= 11 is 2.88. The fourth-order valence-electron chi connectivity index (χ4n) is 1.17. The van der Waals surface area contributed by atoms with Crippen LogP contribution in [-0.2, 0) is 9.53 Å². The molecular weight excluding hydrogens is 308 g/mol. The second kappa shape index (κ2) is 7.10. The van der Waals surface area contributed by atoms with Gasteiger partial charge in [0, 0.05) is 18.7 Å². The predicted molar refractivity (Wildman–Crippen MR) is 68.3 cm³/mol. The van der Waals surface area contributed by atoms with Crippen LogP contribution in [0.3, 0.4) is 0 Å². The van der Waals surface area contributed by atoms with Crippen LogP contribution >= 0.6 is 15.9 Å².